The Kier molecular flexibility index (Phi) is 6.44. The van der Waals surface area contributed by atoms with Crippen LogP contribution in [0.4, 0.5) is 14.5 Å². The van der Waals surface area contributed by atoms with Gasteiger partial charge in [-0.2, -0.15) is 0 Å². The Hall–Kier alpha value is -4.33. The largest absolute Gasteiger partial charge is 0.477 e. The molecule has 0 aromatic heterocycles. The molecule has 3 aromatic carbocycles. The second-order valence-electron chi connectivity index (χ2n) is 6.88. The Morgan fingerprint density at radius 3 is 1.84 bits per heavy atom. The molecule has 0 unspecified atom stereocenters. The number of amides is 2. The van der Waals surface area contributed by atoms with Crippen molar-refractivity contribution in [2.75, 3.05) is 12.4 Å². The maximum Gasteiger partial charge on any atom is 0.351 e. The number of hydrogen-bond acceptors (Lipinski definition) is 3. The Morgan fingerprint density at radius 1 is 0.844 bits per heavy atom. The smallest absolute Gasteiger partial charge is 0.351 e. The zero-order valence-electron chi connectivity index (χ0n) is 16.9. The van der Waals surface area contributed by atoms with Crippen molar-refractivity contribution in [2.24, 2.45) is 0 Å². The average Bonchev–Trinajstić information content (AvgIpc) is 2.77. The van der Waals surface area contributed by atoms with Crippen molar-refractivity contribution in [1.29, 1.82) is 0 Å². The van der Waals surface area contributed by atoms with Crippen LogP contribution in [0.15, 0.2) is 79.0 Å². The number of benzene rings is 3. The molecular formula is C24H18F2N2O4. The fourth-order valence-electron chi connectivity index (χ4n) is 2.90. The highest BCUT2D eigenvalue weighted by atomic mass is 19.1. The number of rotatable bonds is 6. The first-order valence-electron chi connectivity index (χ1n) is 9.34. The molecule has 0 aliphatic carbocycles. The van der Waals surface area contributed by atoms with Gasteiger partial charge in [-0.25, -0.2) is 13.6 Å². The number of nitrogens with zero attached hydrogens (tertiary/aromatic N) is 1. The van der Waals surface area contributed by atoms with E-state index in [4.69, 9.17) is 5.11 Å². The van der Waals surface area contributed by atoms with Gasteiger partial charge in [0.15, 0.2) is 0 Å². The van der Waals surface area contributed by atoms with E-state index in [0.717, 1.165) is 28.2 Å². The summed E-state index contributed by atoms with van der Waals surface area (Å²) in [6.45, 7) is 3.36. The molecule has 3 aromatic rings. The van der Waals surface area contributed by atoms with Crippen LogP contribution in [0.5, 0.6) is 0 Å². The summed E-state index contributed by atoms with van der Waals surface area (Å²) in [5.74, 6) is -4.12. The molecule has 0 bridgehead atoms. The minimum atomic E-state index is -1.29. The molecule has 0 fully saturated rings. The standard InChI is InChI=1S/C24H18F2N2O4/c1-14(24(31)32)28(2)23(30)17-5-3-15(4-6-17)16-7-9-21(10-8-16)27-22(29)18-11-19(25)13-20(26)12-18/h3-13H,1H2,2H3,(H,27,29)(H,31,32). The second-order valence-corrected chi connectivity index (χ2v) is 6.88. The van der Waals surface area contributed by atoms with E-state index in [9.17, 15) is 23.2 Å². The van der Waals surface area contributed by atoms with E-state index in [0.29, 0.717) is 17.3 Å². The van der Waals surface area contributed by atoms with Crippen LogP contribution < -0.4 is 5.32 Å². The van der Waals surface area contributed by atoms with Crippen LogP contribution in [0.3, 0.4) is 0 Å². The Morgan fingerprint density at radius 2 is 1.34 bits per heavy atom. The normalized spacial score (nSPS) is 10.3. The minimum absolute atomic E-state index is 0.137. The van der Waals surface area contributed by atoms with Gasteiger partial charge in [-0.1, -0.05) is 30.8 Å². The summed E-state index contributed by atoms with van der Waals surface area (Å²) in [5.41, 5.74) is 1.84. The zero-order valence-corrected chi connectivity index (χ0v) is 16.9. The van der Waals surface area contributed by atoms with E-state index in [1.807, 2.05) is 0 Å². The number of nitrogens with one attached hydrogen (secondary N) is 1. The topological polar surface area (TPSA) is 86.7 Å². The molecule has 2 N–H and O–H groups in total. The highest BCUT2D eigenvalue weighted by Gasteiger charge is 2.18. The molecule has 0 aliphatic heterocycles. The van der Waals surface area contributed by atoms with Gasteiger partial charge in [-0.05, 0) is 47.5 Å². The number of hydrogen-bond donors (Lipinski definition) is 2. The van der Waals surface area contributed by atoms with Gasteiger partial charge in [0.05, 0.1) is 0 Å². The van der Waals surface area contributed by atoms with Crippen molar-refractivity contribution < 1.29 is 28.3 Å². The first-order valence-corrected chi connectivity index (χ1v) is 9.34. The lowest BCUT2D eigenvalue weighted by Gasteiger charge is -2.16. The fraction of sp³-hybridized carbons (Fsp3) is 0.0417. The third-order valence-electron chi connectivity index (χ3n) is 4.69. The summed E-state index contributed by atoms with van der Waals surface area (Å²) in [7, 11) is 1.33. The number of carbonyl (C=O) groups excluding carboxylic acids is 2. The molecule has 0 saturated carbocycles. The summed E-state index contributed by atoms with van der Waals surface area (Å²) in [6.07, 6.45) is 0. The number of carboxylic acids is 1. The molecule has 0 saturated heterocycles. The molecule has 6 nitrogen and oxygen atoms in total. The summed E-state index contributed by atoms with van der Waals surface area (Å²) < 4.78 is 26.6. The van der Waals surface area contributed by atoms with Gasteiger partial charge >= 0.3 is 5.97 Å². The monoisotopic (exact) mass is 436 g/mol. The van der Waals surface area contributed by atoms with Crippen LogP contribution >= 0.6 is 0 Å². The van der Waals surface area contributed by atoms with E-state index < -0.39 is 29.4 Å². The van der Waals surface area contributed by atoms with Gasteiger partial charge in [-0.15, -0.1) is 0 Å². The van der Waals surface area contributed by atoms with Crippen molar-refractivity contribution in [2.45, 2.75) is 0 Å². The van der Waals surface area contributed by atoms with Gasteiger partial charge in [0.25, 0.3) is 11.8 Å². The third kappa shape index (κ3) is 5.04. The van der Waals surface area contributed by atoms with E-state index in [1.165, 1.54) is 7.05 Å². The molecule has 2 amide bonds. The van der Waals surface area contributed by atoms with Crippen LogP contribution in [-0.4, -0.2) is 34.8 Å². The highest BCUT2D eigenvalue weighted by Crippen LogP contribution is 2.23. The molecule has 0 radical (unpaired) electrons. The van der Waals surface area contributed by atoms with Crippen LogP contribution in [0.25, 0.3) is 11.1 Å². The Labute approximate surface area is 182 Å². The van der Waals surface area contributed by atoms with Gasteiger partial charge in [0.1, 0.15) is 17.3 Å². The van der Waals surface area contributed by atoms with E-state index in [-0.39, 0.29) is 11.3 Å². The van der Waals surface area contributed by atoms with Crippen LogP contribution in [0, 0.1) is 11.6 Å². The maximum absolute atomic E-state index is 13.3. The first kappa shape index (κ1) is 22.4. The number of aliphatic carboxylic acids is 1. The number of likely N-dealkylation sites (N-methyl/N-ethyl adjacent to an activating group) is 1. The maximum atomic E-state index is 13.3. The van der Waals surface area contributed by atoms with Crippen LogP contribution in [0.1, 0.15) is 20.7 Å². The number of halogens is 2. The van der Waals surface area contributed by atoms with Gasteiger partial charge in [-0.3, -0.25) is 9.59 Å². The third-order valence-corrected chi connectivity index (χ3v) is 4.69. The van der Waals surface area contributed by atoms with Crippen LogP contribution in [0.2, 0.25) is 0 Å². The van der Waals surface area contributed by atoms with Crippen molar-refractivity contribution >= 4 is 23.5 Å². The highest BCUT2D eigenvalue weighted by molar-refractivity contribution is 6.04. The number of carbonyl (C=O) groups is 3. The first-order chi connectivity index (χ1) is 15.2. The number of anilines is 1. The van der Waals surface area contributed by atoms with Gasteiger partial charge < -0.3 is 15.3 Å². The summed E-state index contributed by atoms with van der Waals surface area (Å²) in [4.78, 5) is 36.5. The minimum Gasteiger partial charge on any atom is -0.477 e. The van der Waals surface area contributed by atoms with E-state index >= 15 is 0 Å². The Balaban J connectivity index is 1.70. The van der Waals surface area contributed by atoms with Gasteiger partial charge in [0, 0.05) is 29.9 Å². The van der Waals surface area contributed by atoms with Crippen molar-refractivity contribution in [3.8, 4) is 11.1 Å². The molecule has 8 heteroatoms. The van der Waals surface area contributed by atoms with E-state index in [2.05, 4.69) is 11.9 Å². The zero-order chi connectivity index (χ0) is 23.4. The lowest BCUT2D eigenvalue weighted by atomic mass is 10.0. The summed E-state index contributed by atoms with van der Waals surface area (Å²) >= 11 is 0. The molecular weight excluding hydrogens is 418 g/mol. The van der Waals surface area contributed by atoms with Crippen molar-refractivity contribution in [3.05, 3.63) is 102 Å². The lowest BCUT2D eigenvalue weighted by Crippen LogP contribution is -2.29. The fourth-order valence-corrected chi connectivity index (χ4v) is 2.90. The summed E-state index contributed by atoms with van der Waals surface area (Å²) in [5, 5.41) is 11.5. The van der Waals surface area contributed by atoms with Crippen molar-refractivity contribution in [3.63, 3.8) is 0 Å². The SMILES string of the molecule is C=C(C(=O)O)N(C)C(=O)c1ccc(-c2ccc(NC(=O)c3cc(F)cc(F)c3)cc2)cc1. The average molecular weight is 436 g/mol. The number of carboxylic acid groups (broad SMARTS) is 1. The molecule has 162 valence electrons. The molecule has 0 aliphatic rings. The van der Waals surface area contributed by atoms with Gasteiger partial charge in [0.2, 0.25) is 0 Å². The second kappa shape index (κ2) is 9.22. The summed E-state index contributed by atoms with van der Waals surface area (Å²) in [6, 6.07) is 15.8. The van der Waals surface area contributed by atoms with Crippen LogP contribution in [-0.2, 0) is 4.79 Å². The predicted octanol–water partition coefficient (Wildman–Crippen LogP) is 4.55. The predicted molar refractivity (Wildman–Crippen MR) is 115 cm³/mol. The van der Waals surface area contributed by atoms with Crippen molar-refractivity contribution in [1.82, 2.24) is 4.90 Å². The molecule has 0 spiro atoms. The quantitative estimate of drug-likeness (QED) is 0.555. The van der Waals surface area contributed by atoms with E-state index in [1.54, 1.807) is 48.5 Å². The molecule has 0 atom stereocenters. The molecule has 3 rings (SSSR count). The Bertz CT molecular complexity index is 1190. The molecule has 0 heterocycles. The lowest BCUT2D eigenvalue weighted by molar-refractivity contribution is -0.134. The molecule has 32 heavy (non-hydrogen) atoms.